The van der Waals surface area contributed by atoms with Crippen molar-refractivity contribution in [3.05, 3.63) is 67.8 Å². The van der Waals surface area contributed by atoms with Crippen LogP contribution in [0.1, 0.15) is 42.7 Å². The lowest BCUT2D eigenvalue weighted by molar-refractivity contribution is -0.142. The van der Waals surface area contributed by atoms with Crippen LogP contribution in [0.3, 0.4) is 0 Å². The van der Waals surface area contributed by atoms with Crippen LogP contribution in [-0.4, -0.2) is 35.4 Å². The Morgan fingerprint density at radius 1 is 1.10 bits per heavy atom. The van der Waals surface area contributed by atoms with Crippen LogP contribution in [0.15, 0.2) is 41.1 Å². The summed E-state index contributed by atoms with van der Waals surface area (Å²) in [6.45, 7) is 4.56. The van der Waals surface area contributed by atoms with E-state index in [4.69, 9.17) is 4.74 Å². The van der Waals surface area contributed by atoms with Crippen LogP contribution in [0.5, 0.6) is 0 Å². The molecule has 0 aliphatic rings. The Balaban J connectivity index is 1.45. The van der Waals surface area contributed by atoms with Gasteiger partial charge in [-0.3, -0.25) is 14.4 Å². The zero-order chi connectivity index (χ0) is 21.5. The topological polar surface area (TPSA) is 77.4 Å². The van der Waals surface area contributed by atoms with E-state index in [-0.39, 0.29) is 31.3 Å². The molecule has 0 bridgehead atoms. The molecular weight excluding hydrogens is 420 g/mol. The second kappa shape index (κ2) is 10.4. The van der Waals surface area contributed by atoms with Gasteiger partial charge in [-0.1, -0.05) is 12.1 Å². The first-order chi connectivity index (χ1) is 14.5. The van der Waals surface area contributed by atoms with E-state index in [1.165, 1.54) is 16.2 Å². The monoisotopic (exact) mass is 444 g/mol. The van der Waals surface area contributed by atoms with Crippen molar-refractivity contribution in [1.82, 2.24) is 9.88 Å². The Labute approximate surface area is 183 Å². The Hall–Kier alpha value is -2.71. The van der Waals surface area contributed by atoms with Gasteiger partial charge in [0.25, 0.3) is 5.91 Å². The SMILES string of the molecule is Cc1cc(C(=O)COC(=O)CCNC(=O)c2cccs2)c(C)n1CCc1cccs1. The fourth-order valence-electron chi connectivity index (χ4n) is 3.17. The van der Waals surface area contributed by atoms with Crippen LogP contribution in [-0.2, 0) is 22.5 Å². The first kappa shape index (κ1) is 22.0. The maximum atomic E-state index is 12.5. The van der Waals surface area contributed by atoms with Crippen molar-refractivity contribution in [1.29, 1.82) is 0 Å². The number of hydrogen-bond acceptors (Lipinski definition) is 6. The van der Waals surface area contributed by atoms with Crippen molar-refractivity contribution in [2.75, 3.05) is 13.2 Å². The minimum atomic E-state index is -0.513. The molecule has 0 radical (unpaired) electrons. The van der Waals surface area contributed by atoms with Gasteiger partial charge in [-0.2, -0.15) is 0 Å². The highest BCUT2D eigenvalue weighted by Crippen LogP contribution is 2.18. The Morgan fingerprint density at radius 2 is 1.87 bits per heavy atom. The third-order valence-corrected chi connectivity index (χ3v) is 6.56. The molecule has 1 amide bonds. The number of rotatable bonds is 10. The number of amides is 1. The van der Waals surface area contributed by atoms with Crippen molar-refractivity contribution < 1.29 is 19.1 Å². The van der Waals surface area contributed by atoms with Gasteiger partial charge in [-0.05, 0) is 49.2 Å². The van der Waals surface area contributed by atoms with E-state index in [9.17, 15) is 14.4 Å². The predicted molar refractivity (Wildman–Crippen MR) is 118 cm³/mol. The lowest BCUT2D eigenvalue weighted by Gasteiger charge is -2.09. The summed E-state index contributed by atoms with van der Waals surface area (Å²) in [5, 5.41) is 6.53. The summed E-state index contributed by atoms with van der Waals surface area (Å²) in [7, 11) is 0. The van der Waals surface area contributed by atoms with Crippen molar-refractivity contribution >= 4 is 40.3 Å². The summed E-state index contributed by atoms with van der Waals surface area (Å²) >= 11 is 3.06. The van der Waals surface area contributed by atoms with E-state index < -0.39 is 5.97 Å². The minimum Gasteiger partial charge on any atom is -0.457 e. The summed E-state index contributed by atoms with van der Waals surface area (Å²) in [6, 6.07) is 9.49. The number of nitrogens with zero attached hydrogens (tertiary/aromatic N) is 1. The molecule has 30 heavy (non-hydrogen) atoms. The number of ether oxygens (including phenoxy) is 1. The number of ketones is 1. The summed E-state index contributed by atoms with van der Waals surface area (Å²) < 4.78 is 7.23. The van der Waals surface area contributed by atoms with Crippen LogP contribution >= 0.6 is 22.7 Å². The molecule has 0 atom stereocenters. The third-order valence-electron chi connectivity index (χ3n) is 4.76. The molecule has 0 fully saturated rings. The molecule has 0 unspecified atom stereocenters. The third kappa shape index (κ3) is 5.67. The van der Waals surface area contributed by atoms with E-state index >= 15 is 0 Å². The molecule has 0 spiro atoms. The summed E-state index contributed by atoms with van der Waals surface area (Å²) in [4.78, 5) is 38.2. The normalized spacial score (nSPS) is 10.7. The highest BCUT2D eigenvalue weighted by Gasteiger charge is 2.17. The van der Waals surface area contributed by atoms with Gasteiger partial charge in [0.15, 0.2) is 6.61 Å². The fraction of sp³-hybridized carbons (Fsp3) is 0.318. The number of esters is 1. The molecule has 0 aliphatic heterocycles. The van der Waals surface area contributed by atoms with Gasteiger partial charge in [0, 0.05) is 34.9 Å². The fourth-order valence-corrected chi connectivity index (χ4v) is 4.51. The van der Waals surface area contributed by atoms with E-state index in [2.05, 4.69) is 21.3 Å². The average Bonchev–Trinajstić information content (AvgIpc) is 3.47. The number of carbonyl (C=O) groups is 3. The van der Waals surface area contributed by atoms with Crippen molar-refractivity contribution in [2.24, 2.45) is 0 Å². The van der Waals surface area contributed by atoms with E-state index in [0.29, 0.717) is 10.4 Å². The maximum absolute atomic E-state index is 12.5. The summed E-state index contributed by atoms with van der Waals surface area (Å²) in [5.41, 5.74) is 2.47. The molecule has 0 aromatic carbocycles. The van der Waals surface area contributed by atoms with E-state index in [0.717, 1.165) is 24.4 Å². The molecule has 8 heteroatoms. The maximum Gasteiger partial charge on any atom is 0.308 e. The molecular formula is C22H24N2O4S2. The van der Waals surface area contributed by atoms with E-state index in [1.807, 2.05) is 31.4 Å². The van der Waals surface area contributed by atoms with Crippen molar-refractivity contribution in [3.8, 4) is 0 Å². The van der Waals surface area contributed by atoms with E-state index in [1.54, 1.807) is 23.5 Å². The lowest BCUT2D eigenvalue weighted by Crippen LogP contribution is -2.26. The molecule has 3 heterocycles. The molecule has 6 nitrogen and oxygen atoms in total. The average molecular weight is 445 g/mol. The number of aryl methyl sites for hydroxylation is 2. The zero-order valence-electron chi connectivity index (χ0n) is 17.0. The van der Waals surface area contributed by atoms with Gasteiger partial charge >= 0.3 is 5.97 Å². The van der Waals surface area contributed by atoms with Gasteiger partial charge in [-0.15, -0.1) is 22.7 Å². The zero-order valence-corrected chi connectivity index (χ0v) is 18.6. The number of aromatic nitrogens is 1. The van der Waals surface area contributed by atoms with Crippen molar-refractivity contribution in [3.63, 3.8) is 0 Å². The van der Waals surface area contributed by atoms with Crippen molar-refractivity contribution in [2.45, 2.75) is 33.2 Å². The number of thiophene rings is 2. The molecule has 0 aliphatic carbocycles. The molecule has 158 valence electrons. The quantitative estimate of drug-likeness (QED) is 0.379. The second-order valence-corrected chi connectivity index (χ2v) is 8.81. The van der Waals surface area contributed by atoms with Gasteiger partial charge < -0.3 is 14.6 Å². The molecule has 0 saturated heterocycles. The first-order valence-electron chi connectivity index (χ1n) is 9.65. The van der Waals surface area contributed by atoms with Crippen LogP contribution in [0.2, 0.25) is 0 Å². The Morgan fingerprint density at radius 3 is 2.57 bits per heavy atom. The molecule has 0 saturated carbocycles. The van der Waals surface area contributed by atoms with Gasteiger partial charge in [0.1, 0.15) is 0 Å². The largest absolute Gasteiger partial charge is 0.457 e. The van der Waals surface area contributed by atoms with Crippen LogP contribution in [0.25, 0.3) is 0 Å². The molecule has 1 N–H and O–H groups in total. The van der Waals surface area contributed by atoms with Crippen LogP contribution < -0.4 is 5.32 Å². The number of Topliss-reactive ketones (excluding diaryl/α,β-unsaturated/α-hetero) is 1. The standard InChI is InChI=1S/C22H24N2O4S2/c1-15-13-18(16(2)24(15)10-8-17-5-3-11-29-17)19(25)14-28-21(26)7-9-23-22(27)20-6-4-12-30-20/h3-6,11-13H,7-10,14H2,1-2H3,(H,23,27). The van der Waals surface area contributed by atoms with Gasteiger partial charge in [0.2, 0.25) is 5.78 Å². The minimum absolute atomic E-state index is 0.0181. The number of hydrogen-bond donors (Lipinski definition) is 1. The van der Waals surface area contributed by atoms with Gasteiger partial charge in [-0.25, -0.2) is 0 Å². The Kier molecular flexibility index (Phi) is 7.59. The highest BCUT2D eigenvalue weighted by molar-refractivity contribution is 7.12. The smallest absolute Gasteiger partial charge is 0.308 e. The number of carbonyl (C=O) groups excluding carboxylic acids is 3. The number of nitrogens with one attached hydrogen (secondary N) is 1. The summed E-state index contributed by atoms with van der Waals surface area (Å²) in [5.74, 6) is -0.952. The highest BCUT2D eigenvalue weighted by atomic mass is 32.1. The lowest BCUT2D eigenvalue weighted by atomic mass is 10.1. The first-order valence-corrected chi connectivity index (χ1v) is 11.4. The summed E-state index contributed by atoms with van der Waals surface area (Å²) in [6.07, 6.45) is 0.929. The molecule has 3 aromatic rings. The Bertz CT molecular complexity index is 1000. The molecule has 3 aromatic heterocycles. The predicted octanol–water partition coefficient (Wildman–Crippen LogP) is 4.02. The van der Waals surface area contributed by atoms with Gasteiger partial charge in [0.05, 0.1) is 11.3 Å². The second-order valence-electron chi connectivity index (χ2n) is 6.83. The van der Waals surface area contributed by atoms with Crippen LogP contribution in [0.4, 0.5) is 0 Å². The van der Waals surface area contributed by atoms with Crippen LogP contribution in [0, 0.1) is 13.8 Å². The molecule has 3 rings (SSSR count).